The van der Waals surface area contributed by atoms with Gasteiger partial charge in [-0.3, -0.25) is 9.59 Å². The molecule has 2 rings (SSSR count). The molecule has 0 aliphatic carbocycles. The van der Waals surface area contributed by atoms with Crippen molar-refractivity contribution in [3.05, 3.63) is 59.7 Å². The quantitative estimate of drug-likeness (QED) is 0.798. The largest absolute Gasteiger partial charge is 0.492 e. The number of carbonyl (C=O) groups excluding carboxylic acids is 1. The van der Waals surface area contributed by atoms with E-state index in [0.29, 0.717) is 11.3 Å². The predicted molar refractivity (Wildman–Crippen MR) is 97.1 cm³/mol. The van der Waals surface area contributed by atoms with Crippen LogP contribution in [0.25, 0.3) is 0 Å². The molecule has 2 aromatic rings. The second kappa shape index (κ2) is 7.83. The Balaban J connectivity index is 2.02. The SMILES string of the molecule is CCc1ccccc1NC(=O)c1ccc(OCC(C)(C)C(=O)O)cc1. The summed E-state index contributed by atoms with van der Waals surface area (Å²) in [6, 6.07) is 14.3. The first kappa shape index (κ1) is 18.5. The number of benzene rings is 2. The van der Waals surface area contributed by atoms with E-state index >= 15 is 0 Å². The van der Waals surface area contributed by atoms with Crippen molar-refractivity contribution in [2.45, 2.75) is 27.2 Å². The molecule has 2 aromatic carbocycles. The van der Waals surface area contributed by atoms with Gasteiger partial charge in [0.25, 0.3) is 5.91 Å². The minimum absolute atomic E-state index is 0.0533. The van der Waals surface area contributed by atoms with E-state index in [-0.39, 0.29) is 12.5 Å². The number of aliphatic carboxylic acids is 1. The van der Waals surface area contributed by atoms with Crippen LogP contribution < -0.4 is 10.1 Å². The summed E-state index contributed by atoms with van der Waals surface area (Å²) in [5.74, 6) is -0.587. The van der Waals surface area contributed by atoms with Crippen LogP contribution in [0, 0.1) is 5.41 Å². The highest BCUT2D eigenvalue weighted by molar-refractivity contribution is 6.04. The number of hydrogen-bond acceptors (Lipinski definition) is 3. The number of ether oxygens (including phenoxy) is 1. The minimum atomic E-state index is -0.972. The number of amides is 1. The molecule has 0 aromatic heterocycles. The summed E-state index contributed by atoms with van der Waals surface area (Å²) in [5.41, 5.74) is 1.42. The van der Waals surface area contributed by atoms with Crippen molar-refractivity contribution in [1.82, 2.24) is 0 Å². The lowest BCUT2D eigenvalue weighted by molar-refractivity contribution is -0.148. The fraction of sp³-hybridized carbons (Fsp3) is 0.300. The first-order valence-electron chi connectivity index (χ1n) is 8.19. The Labute approximate surface area is 147 Å². The van der Waals surface area contributed by atoms with E-state index in [1.165, 1.54) is 0 Å². The Bertz CT molecular complexity index is 751. The molecule has 0 spiro atoms. The topological polar surface area (TPSA) is 75.6 Å². The molecule has 1 amide bonds. The van der Waals surface area contributed by atoms with Crippen LogP contribution in [0.4, 0.5) is 5.69 Å². The number of rotatable bonds is 7. The fourth-order valence-electron chi connectivity index (χ4n) is 2.17. The lowest BCUT2D eigenvalue weighted by Gasteiger charge is -2.19. The molecule has 0 fully saturated rings. The van der Waals surface area contributed by atoms with Crippen LogP contribution in [-0.2, 0) is 11.2 Å². The van der Waals surface area contributed by atoms with Gasteiger partial charge in [0.1, 0.15) is 12.4 Å². The lowest BCUT2D eigenvalue weighted by atomic mass is 9.95. The van der Waals surface area contributed by atoms with Crippen LogP contribution in [0.1, 0.15) is 36.7 Å². The zero-order valence-corrected chi connectivity index (χ0v) is 14.7. The van der Waals surface area contributed by atoms with E-state index in [1.807, 2.05) is 31.2 Å². The zero-order chi connectivity index (χ0) is 18.4. The van der Waals surface area contributed by atoms with Crippen LogP contribution >= 0.6 is 0 Å². The molecule has 0 heterocycles. The normalized spacial score (nSPS) is 11.0. The molecular weight excluding hydrogens is 318 g/mol. The molecule has 0 radical (unpaired) electrons. The highest BCUT2D eigenvalue weighted by atomic mass is 16.5. The van der Waals surface area contributed by atoms with Crippen molar-refractivity contribution in [2.75, 3.05) is 11.9 Å². The average molecular weight is 341 g/mol. The van der Waals surface area contributed by atoms with Crippen LogP contribution in [0.5, 0.6) is 5.75 Å². The van der Waals surface area contributed by atoms with Gasteiger partial charge in [0.2, 0.25) is 0 Å². The lowest BCUT2D eigenvalue weighted by Crippen LogP contribution is -2.30. The molecule has 2 N–H and O–H groups in total. The van der Waals surface area contributed by atoms with E-state index in [1.54, 1.807) is 38.1 Å². The van der Waals surface area contributed by atoms with Crippen molar-refractivity contribution in [1.29, 1.82) is 0 Å². The standard InChI is InChI=1S/C20H23NO4/c1-4-14-7-5-6-8-17(14)21-18(22)15-9-11-16(12-10-15)25-13-20(2,3)19(23)24/h5-12H,4,13H2,1-3H3,(H,21,22)(H,23,24). The number of para-hydroxylation sites is 1. The minimum Gasteiger partial charge on any atom is -0.492 e. The Hall–Kier alpha value is -2.82. The molecule has 5 nitrogen and oxygen atoms in total. The van der Waals surface area contributed by atoms with E-state index in [4.69, 9.17) is 9.84 Å². The molecule has 132 valence electrons. The Kier molecular flexibility index (Phi) is 5.80. The van der Waals surface area contributed by atoms with E-state index in [0.717, 1.165) is 17.7 Å². The van der Waals surface area contributed by atoms with Gasteiger partial charge in [-0.15, -0.1) is 0 Å². The summed E-state index contributed by atoms with van der Waals surface area (Å²) >= 11 is 0. The molecule has 0 atom stereocenters. The molecule has 0 aliphatic rings. The van der Waals surface area contributed by atoms with Gasteiger partial charge in [0.05, 0.1) is 5.41 Å². The Morgan fingerprint density at radius 3 is 2.32 bits per heavy atom. The number of carboxylic acid groups (broad SMARTS) is 1. The van der Waals surface area contributed by atoms with Crippen molar-refractivity contribution in [2.24, 2.45) is 5.41 Å². The van der Waals surface area contributed by atoms with Gasteiger partial charge in [0, 0.05) is 11.3 Å². The summed E-state index contributed by atoms with van der Waals surface area (Å²) in [7, 11) is 0. The number of carboxylic acids is 1. The monoisotopic (exact) mass is 341 g/mol. The van der Waals surface area contributed by atoms with E-state index in [2.05, 4.69) is 5.32 Å². The van der Waals surface area contributed by atoms with Gasteiger partial charge < -0.3 is 15.2 Å². The van der Waals surface area contributed by atoms with Crippen molar-refractivity contribution in [3.63, 3.8) is 0 Å². The summed E-state index contributed by atoms with van der Waals surface area (Å²) in [4.78, 5) is 23.4. The maximum Gasteiger partial charge on any atom is 0.312 e. The van der Waals surface area contributed by atoms with Crippen molar-refractivity contribution >= 4 is 17.6 Å². The molecule has 0 aliphatic heterocycles. The number of anilines is 1. The van der Waals surface area contributed by atoms with Crippen molar-refractivity contribution in [3.8, 4) is 5.75 Å². The van der Waals surface area contributed by atoms with Gasteiger partial charge in [-0.25, -0.2) is 0 Å². The summed E-state index contributed by atoms with van der Waals surface area (Å²) in [5, 5.41) is 12.0. The van der Waals surface area contributed by atoms with Gasteiger partial charge in [-0.2, -0.15) is 0 Å². The molecule has 0 saturated carbocycles. The Morgan fingerprint density at radius 1 is 1.08 bits per heavy atom. The third kappa shape index (κ3) is 4.83. The highest BCUT2D eigenvalue weighted by Crippen LogP contribution is 2.21. The summed E-state index contributed by atoms with van der Waals surface area (Å²) < 4.78 is 5.51. The molecular formula is C20H23NO4. The van der Waals surface area contributed by atoms with Gasteiger partial charge >= 0.3 is 5.97 Å². The van der Waals surface area contributed by atoms with Crippen LogP contribution in [0.15, 0.2) is 48.5 Å². The number of carbonyl (C=O) groups is 2. The van der Waals surface area contributed by atoms with E-state index in [9.17, 15) is 9.59 Å². The Morgan fingerprint density at radius 2 is 1.72 bits per heavy atom. The summed E-state index contributed by atoms with van der Waals surface area (Å²) in [6.07, 6.45) is 0.836. The third-order valence-corrected chi connectivity index (χ3v) is 3.94. The molecule has 0 bridgehead atoms. The molecule has 5 heteroatoms. The first-order valence-corrected chi connectivity index (χ1v) is 8.19. The van der Waals surface area contributed by atoms with E-state index < -0.39 is 11.4 Å². The summed E-state index contributed by atoms with van der Waals surface area (Å²) in [6.45, 7) is 5.29. The fourth-order valence-corrected chi connectivity index (χ4v) is 2.17. The third-order valence-electron chi connectivity index (χ3n) is 3.94. The molecule has 0 unspecified atom stereocenters. The molecule has 25 heavy (non-hydrogen) atoms. The van der Waals surface area contributed by atoms with Crippen LogP contribution in [-0.4, -0.2) is 23.6 Å². The van der Waals surface area contributed by atoms with Crippen LogP contribution in [0.3, 0.4) is 0 Å². The number of hydrogen-bond donors (Lipinski definition) is 2. The highest BCUT2D eigenvalue weighted by Gasteiger charge is 2.28. The van der Waals surface area contributed by atoms with Gasteiger partial charge in [0.15, 0.2) is 0 Å². The predicted octanol–water partition coefficient (Wildman–Crippen LogP) is 3.99. The molecule has 0 saturated heterocycles. The smallest absolute Gasteiger partial charge is 0.312 e. The van der Waals surface area contributed by atoms with Gasteiger partial charge in [-0.05, 0) is 56.2 Å². The van der Waals surface area contributed by atoms with Crippen molar-refractivity contribution < 1.29 is 19.4 Å². The zero-order valence-electron chi connectivity index (χ0n) is 14.7. The second-order valence-electron chi connectivity index (χ2n) is 6.47. The van der Waals surface area contributed by atoms with Gasteiger partial charge in [-0.1, -0.05) is 25.1 Å². The average Bonchev–Trinajstić information content (AvgIpc) is 2.60. The second-order valence-corrected chi connectivity index (χ2v) is 6.47. The number of nitrogens with one attached hydrogen (secondary N) is 1. The first-order chi connectivity index (χ1) is 11.8. The maximum absolute atomic E-state index is 12.4. The van der Waals surface area contributed by atoms with Crippen LogP contribution in [0.2, 0.25) is 0 Å². The maximum atomic E-state index is 12.4. The number of aryl methyl sites for hydroxylation is 1.